The van der Waals surface area contributed by atoms with E-state index in [9.17, 15) is 4.79 Å². The van der Waals surface area contributed by atoms with E-state index in [4.69, 9.17) is 5.84 Å². The molecule has 0 atom stereocenters. The topological polar surface area (TPSA) is 46.3 Å². The van der Waals surface area contributed by atoms with Crippen LogP contribution in [0.1, 0.15) is 26.2 Å². The van der Waals surface area contributed by atoms with E-state index in [1.807, 2.05) is 6.92 Å². The molecule has 0 bridgehead atoms. The minimum Gasteiger partial charge on any atom is -0.277 e. The van der Waals surface area contributed by atoms with Gasteiger partial charge in [-0.1, -0.05) is 19.4 Å². The molecule has 11 heavy (non-hydrogen) atoms. The first-order chi connectivity index (χ1) is 5.22. The maximum absolute atomic E-state index is 11.0. The molecule has 0 rings (SSSR count). The van der Waals surface area contributed by atoms with Crippen molar-refractivity contribution in [2.45, 2.75) is 26.2 Å². The molecule has 0 aromatic carbocycles. The summed E-state index contributed by atoms with van der Waals surface area (Å²) in [6.07, 6.45) is 4.09. The first-order valence-corrected chi connectivity index (χ1v) is 3.88. The van der Waals surface area contributed by atoms with Crippen molar-refractivity contribution in [3.63, 3.8) is 0 Å². The number of hydrogen-bond donors (Lipinski definition) is 1. The second kappa shape index (κ2) is 5.92. The predicted octanol–water partition coefficient (Wildman–Crippen LogP) is 1.06. The molecule has 0 aromatic rings. The van der Waals surface area contributed by atoms with Gasteiger partial charge in [-0.3, -0.25) is 9.80 Å². The number of hydrazine groups is 1. The normalized spacial score (nSPS) is 9.27. The first-order valence-electron chi connectivity index (χ1n) is 3.88. The van der Waals surface area contributed by atoms with Crippen LogP contribution in [0, 0.1) is 0 Å². The van der Waals surface area contributed by atoms with Crippen molar-refractivity contribution in [1.29, 1.82) is 0 Å². The third-order valence-corrected chi connectivity index (χ3v) is 1.39. The summed E-state index contributed by atoms with van der Waals surface area (Å²) in [5.41, 5.74) is 0. The Morgan fingerprint density at radius 3 is 2.82 bits per heavy atom. The van der Waals surface area contributed by atoms with Gasteiger partial charge >= 0.3 is 0 Å². The summed E-state index contributed by atoms with van der Waals surface area (Å²) in [7, 11) is 0. The number of amides is 1. The van der Waals surface area contributed by atoms with Crippen LogP contribution in [0.5, 0.6) is 0 Å². The molecule has 0 saturated heterocycles. The van der Waals surface area contributed by atoms with Crippen LogP contribution in [0.2, 0.25) is 0 Å². The molecule has 3 nitrogen and oxygen atoms in total. The number of hydrogen-bond acceptors (Lipinski definition) is 2. The molecule has 0 aliphatic heterocycles. The van der Waals surface area contributed by atoms with Gasteiger partial charge in [-0.15, -0.1) is 6.58 Å². The highest BCUT2D eigenvalue weighted by molar-refractivity contribution is 5.75. The summed E-state index contributed by atoms with van der Waals surface area (Å²) in [4.78, 5) is 11.0. The Labute approximate surface area is 67.8 Å². The molecule has 0 fully saturated rings. The van der Waals surface area contributed by atoms with Gasteiger partial charge in [0.05, 0.1) is 6.54 Å². The Balaban J connectivity index is 3.54. The molecule has 0 spiro atoms. The second-order valence-corrected chi connectivity index (χ2v) is 2.44. The highest BCUT2D eigenvalue weighted by atomic mass is 16.2. The third kappa shape index (κ3) is 4.56. The Morgan fingerprint density at radius 1 is 1.73 bits per heavy atom. The van der Waals surface area contributed by atoms with Crippen LogP contribution in [-0.4, -0.2) is 17.5 Å². The predicted molar refractivity (Wildman–Crippen MR) is 45.6 cm³/mol. The Kier molecular flexibility index (Phi) is 5.47. The van der Waals surface area contributed by atoms with Gasteiger partial charge in [0.25, 0.3) is 0 Å². The van der Waals surface area contributed by atoms with Crippen molar-refractivity contribution < 1.29 is 4.79 Å². The van der Waals surface area contributed by atoms with Crippen LogP contribution in [0.25, 0.3) is 0 Å². The van der Waals surface area contributed by atoms with E-state index >= 15 is 0 Å². The van der Waals surface area contributed by atoms with Gasteiger partial charge in [0, 0.05) is 6.42 Å². The average molecular weight is 156 g/mol. The quantitative estimate of drug-likeness (QED) is 0.280. The maximum atomic E-state index is 11.0. The van der Waals surface area contributed by atoms with Gasteiger partial charge in [-0.05, 0) is 6.42 Å². The number of nitrogens with two attached hydrogens (primary N) is 1. The van der Waals surface area contributed by atoms with Crippen LogP contribution < -0.4 is 5.84 Å². The molecule has 0 heterocycles. The lowest BCUT2D eigenvalue weighted by atomic mass is 10.2. The van der Waals surface area contributed by atoms with Crippen molar-refractivity contribution in [2.24, 2.45) is 5.84 Å². The highest BCUT2D eigenvalue weighted by Gasteiger charge is 2.05. The largest absolute Gasteiger partial charge is 0.277 e. The fourth-order valence-corrected chi connectivity index (χ4v) is 0.713. The monoisotopic (exact) mass is 156 g/mol. The molecule has 2 N–H and O–H groups in total. The fourth-order valence-electron chi connectivity index (χ4n) is 0.713. The Morgan fingerprint density at radius 2 is 2.36 bits per heavy atom. The summed E-state index contributed by atoms with van der Waals surface area (Å²) >= 11 is 0. The van der Waals surface area contributed by atoms with Gasteiger partial charge < -0.3 is 0 Å². The molecule has 0 radical (unpaired) electrons. The summed E-state index contributed by atoms with van der Waals surface area (Å²) in [5.74, 6) is 5.37. The molecule has 0 saturated carbocycles. The second-order valence-electron chi connectivity index (χ2n) is 2.44. The van der Waals surface area contributed by atoms with Crippen molar-refractivity contribution in [3.8, 4) is 0 Å². The zero-order chi connectivity index (χ0) is 8.69. The lowest BCUT2D eigenvalue weighted by Crippen LogP contribution is -2.37. The molecule has 0 aliphatic carbocycles. The molecule has 0 unspecified atom stereocenters. The molecule has 1 amide bonds. The lowest BCUT2D eigenvalue weighted by Gasteiger charge is -2.13. The van der Waals surface area contributed by atoms with E-state index in [1.165, 1.54) is 5.01 Å². The number of unbranched alkanes of at least 4 members (excludes halogenated alkanes) is 1. The zero-order valence-corrected chi connectivity index (χ0v) is 7.05. The van der Waals surface area contributed by atoms with Gasteiger partial charge in [0.15, 0.2) is 0 Å². The minimum absolute atomic E-state index is 0.00764. The lowest BCUT2D eigenvalue weighted by molar-refractivity contribution is -0.131. The zero-order valence-electron chi connectivity index (χ0n) is 7.05. The standard InChI is InChI=1S/C8H16N2O/c1-3-5-6-8(11)10(9)7-4-2/h4H,2-3,5-7,9H2,1H3. The van der Waals surface area contributed by atoms with E-state index in [2.05, 4.69) is 6.58 Å². The summed E-state index contributed by atoms with van der Waals surface area (Å²) in [6, 6.07) is 0. The van der Waals surface area contributed by atoms with Gasteiger partial charge in [0.1, 0.15) is 0 Å². The summed E-state index contributed by atoms with van der Waals surface area (Å²) < 4.78 is 0. The van der Waals surface area contributed by atoms with Gasteiger partial charge in [-0.25, -0.2) is 5.84 Å². The van der Waals surface area contributed by atoms with Crippen molar-refractivity contribution in [2.75, 3.05) is 6.54 Å². The molecular formula is C8H16N2O. The van der Waals surface area contributed by atoms with E-state index in [0.717, 1.165) is 12.8 Å². The molecule has 0 aliphatic rings. The van der Waals surface area contributed by atoms with Gasteiger partial charge in [0.2, 0.25) is 5.91 Å². The van der Waals surface area contributed by atoms with E-state index in [-0.39, 0.29) is 5.91 Å². The number of rotatable bonds is 5. The Bertz CT molecular complexity index is 134. The highest BCUT2D eigenvalue weighted by Crippen LogP contribution is 1.96. The van der Waals surface area contributed by atoms with E-state index < -0.39 is 0 Å². The van der Waals surface area contributed by atoms with Crippen molar-refractivity contribution >= 4 is 5.91 Å². The fraction of sp³-hybridized carbons (Fsp3) is 0.625. The molecule has 64 valence electrons. The Hall–Kier alpha value is -0.830. The molecule has 3 heteroatoms. The summed E-state index contributed by atoms with van der Waals surface area (Å²) in [6.45, 7) is 5.97. The number of carbonyl (C=O) groups excluding carboxylic acids is 1. The van der Waals surface area contributed by atoms with Crippen molar-refractivity contribution in [3.05, 3.63) is 12.7 Å². The van der Waals surface area contributed by atoms with E-state index in [1.54, 1.807) is 6.08 Å². The number of carbonyl (C=O) groups is 1. The van der Waals surface area contributed by atoms with Crippen molar-refractivity contribution in [1.82, 2.24) is 5.01 Å². The minimum atomic E-state index is -0.00764. The smallest absolute Gasteiger partial charge is 0.236 e. The van der Waals surface area contributed by atoms with Crippen LogP contribution in [0.15, 0.2) is 12.7 Å². The molecular weight excluding hydrogens is 140 g/mol. The van der Waals surface area contributed by atoms with Crippen LogP contribution in [0.4, 0.5) is 0 Å². The van der Waals surface area contributed by atoms with Crippen LogP contribution in [0.3, 0.4) is 0 Å². The summed E-state index contributed by atoms with van der Waals surface area (Å²) in [5, 5.41) is 1.20. The van der Waals surface area contributed by atoms with Crippen LogP contribution in [-0.2, 0) is 4.79 Å². The van der Waals surface area contributed by atoms with Gasteiger partial charge in [-0.2, -0.15) is 0 Å². The third-order valence-electron chi connectivity index (χ3n) is 1.39. The average Bonchev–Trinajstić information content (AvgIpc) is 2.00. The maximum Gasteiger partial charge on any atom is 0.236 e. The van der Waals surface area contributed by atoms with E-state index in [0.29, 0.717) is 13.0 Å². The van der Waals surface area contributed by atoms with Crippen LogP contribution >= 0.6 is 0 Å². The SMILES string of the molecule is C=CCN(N)C(=O)CCCC. The molecule has 0 aromatic heterocycles. The first kappa shape index (κ1) is 10.2. The number of nitrogens with zero attached hydrogens (tertiary/aromatic N) is 1.